The van der Waals surface area contributed by atoms with Crippen molar-refractivity contribution >= 4 is 16.6 Å². The van der Waals surface area contributed by atoms with E-state index in [9.17, 15) is 5.26 Å². The van der Waals surface area contributed by atoms with E-state index < -0.39 is 0 Å². The summed E-state index contributed by atoms with van der Waals surface area (Å²) in [6.45, 7) is 6.18. The van der Waals surface area contributed by atoms with Gasteiger partial charge in [0.05, 0.1) is 5.92 Å². The van der Waals surface area contributed by atoms with E-state index in [1.807, 2.05) is 24.3 Å². The van der Waals surface area contributed by atoms with Crippen molar-refractivity contribution in [1.82, 2.24) is 4.98 Å². The predicted molar refractivity (Wildman–Crippen MR) is 111 cm³/mol. The highest BCUT2D eigenvalue weighted by atomic mass is 16.5. The van der Waals surface area contributed by atoms with Crippen molar-refractivity contribution in [2.75, 3.05) is 18.0 Å². The number of hydrogen-bond donors (Lipinski definition) is 1. The van der Waals surface area contributed by atoms with Crippen LogP contribution in [0.15, 0.2) is 66.2 Å². The highest BCUT2D eigenvalue weighted by Crippen LogP contribution is 2.44. The lowest BCUT2D eigenvalue weighted by Gasteiger charge is -2.28. The maximum Gasteiger partial charge on any atom is 0.205 e. The van der Waals surface area contributed by atoms with Gasteiger partial charge in [-0.15, -0.1) is 0 Å². The minimum absolute atomic E-state index is 0.144. The van der Waals surface area contributed by atoms with Crippen LogP contribution in [0, 0.1) is 11.3 Å². The number of ether oxygens (including phenoxy) is 1. The number of benzene rings is 2. The number of rotatable bonds is 4. The van der Waals surface area contributed by atoms with Crippen LogP contribution < -0.4 is 15.4 Å². The Balaban J connectivity index is 1.86. The van der Waals surface area contributed by atoms with Crippen molar-refractivity contribution in [1.29, 1.82) is 5.26 Å². The number of nitrogens with zero attached hydrogens (tertiary/aromatic N) is 3. The molecule has 1 aromatic heterocycles. The number of allylic oxidation sites excluding steroid dienone is 1. The van der Waals surface area contributed by atoms with Gasteiger partial charge in [0.1, 0.15) is 17.2 Å². The van der Waals surface area contributed by atoms with Crippen LogP contribution in [0.1, 0.15) is 30.9 Å². The summed E-state index contributed by atoms with van der Waals surface area (Å²) in [6, 6.07) is 18.5. The lowest BCUT2D eigenvalue weighted by Crippen LogP contribution is -2.22. The molecular formula is C23H22N4O. The number of nitriles is 1. The quantitative estimate of drug-likeness (QED) is 0.741. The maximum atomic E-state index is 9.76. The van der Waals surface area contributed by atoms with Crippen molar-refractivity contribution in [2.45, 2.75) is 19.8 Å². The third kappa shape index (κ3) is 2.84. The zero-order valence-corrected chi connectivity index (χ0v) is 16.0. The molecule has 140 valence electrons. The first-order chi connectivity index (χ1) is 13.7. The fraction of sp³-hybridized carbons (Fsp3) is 0.217. The van der Waals surface area contributed by atoms with Gasteiger partial charge < -0.3 is 15.4 Å². The molecule has 1 atom stereocenters. The average Bonchev–Trinajstić information content (AvgIpc) is 2.74. The van der Waals surface area contributed by atoms with Gasteiger partial charge in [-0.2, -0.15) is 5.26 Å². The molecule has 28 heavy (non-hydrogen) atoms. The fourth-order valence-electron chi connectivity index (χ4n) is 3.86. The molecule has 0 fully saturated rings. The lowest BCUT2D eigenvalue weighted by atomic mass is 9.83. The second kappa shape index (κ2) is 7.24. The molecule has 5 nitrogen and oxygen atoms in total. The zero-order chi connectivity index (χ0) is 19.7. The molecule has 1 aliphatic rings. The van der Waals surface area contributed by atoms with Crippen LogP contribution in [-0.4, -0.2) is 18.1 Å². The molecule has 0 saturated carbocycles. The van der Waals surface area contributed by atoms with E-state index in [1.165, 1.54) is 0 Å². The maximum absolute atomic E-state index is 9.76. The monoisotopic (exact) mass is 370 g/mol. The first kappa shape index (κ1) is 17.9. The normalized spacial score (nSPS) is 15.7. The summed E-state index contributed by atoms with van der Waals surface area (Å²) in [4.78, 5) is 6.76. The molecular weight excluding hydrogens is 348 g/mol. The summed E-state index contributed by atoms with van der Waals surface area (Å²) >= 11 is 0. The van der Waals surface area contributed by atoms with Crippen molar-refractivity contribution in [3.8, 4) is 11.8 Å². The van der Waals surface area contributed by atoms with Crippen LogP contribution in [0.2, 0.25) is 0 Å². The molecule has 0 bridgehead atoms. The Morgan fingerprint density at radius 3 is 2.54 bits per heavy atom. The molecule has 5 heteroatoms. The summed E-state index contributed by atoms with van der Waals surface area (Å²) < 4.78 is 5.86. The standard InChI is InChI=1S/C23H22N4O/c1-3-27(4-2)17-10-7-15(8-11-17)20-18-12-9-16-6-5-13-26-21(16)22(18)28-23(25)19(20)14-24/h5-13,20H,3-4,25H2,1-2H3/t20-/m0/s1. The van der Waals surface area contributed by atoms with E-state index in [-0.39, 0.29) is 11.8 Å². The molecule has 2 heterocycles. The molecule has 3 aromatic rings. The van der Waals surface area contributed by atoms with Gasteiger partial charge in [0.25, 0.3) is 0 Å². The second-order valence-corrected chi connectivity index (χ2v) is 6.75. The third-order valence-electron chi connectivity index (χ3n) is 5.31. The van der Waals surface area contributed by atoms with Gasteiger partial charge in [-0.05, 0) is 37.6 Å². The molecule has 2 aromatic carbocycles. The molecule has 0 unspecified atom stereocenters. The van der Waals surface area contributed by atoms with Gasteiger partial charge in [0.15, 0.2) is 5.75 Å². The Hall–Kier alpha value is -3.52. The molecule has 2 N–H and O–H groups in total. The summed E-state index contributed by atoms with van der Waals surface area (Å²) in [5, 5.41) is 10.7. The third-order valence-corrected chi connectivity index (χ3v) is 5.31. The highest BCUT2D eigenvalue weighted by Gasteiger charge is 2.32. The molecule has 0 amide bonds. The Morgan fingerprint density at radius 1 is 1.11 bits per heavy atom. The van der Waals surface area contributed by atoms with E-state index in [1.54, 1.807) is 6.20 Å². The van der Waals surface area contributed by atoms with Gasteiger partial charge in [-0.25, -0.2) is 0 Å². The van der Waals surface area contributed by atoms with E-state index >= 15 is 0 Å². The van der Waals surface area contributed by atoms with Crippen LogP contribution in [0.4, 0.5) is 5.69 Å². The smallest absolute Gasteiger partial charge is 0.205 e. The van der Waals surface area contributed by atoms with Crippen molar-refractivity contribution in [2.24, 2.45) is 5.73 Å². The minimum Gasteiger partial charge on any atom is -0.438 e. The summed E-state index contributed by atoms with van der Waals surface area (Å²) in [5.74, 6) is 0.504. The predicted octanol–water partition coefficient (Wildman–Crippen LogP) is 4.30. The molecule has 0 aliphatic carbocycles. The lowest BCUT2D eigenvalue weighted by molar-refractivity contribution is 0.397. The Morgan fingerprint density at radius 2 is 1.86 bits per heavy atom. The van der Waals surface area contributed by atoms with Gasteiger partial charge in [0.2, 0.25) is 5.88 Å². The van der Waals surface area contributed by atoms with Crippen LogP contribution in [-0.2, 0) is 0 Å². The largest absolute Gasteiger partial charge is 0.438 e. The SMILES string of the molecule is CCN(CC)c1ccc([C@@H]2C(C#N)=C(N)Oc3c2ccc2cccnc32)cc1. The second-order valence-electron chi connectivity index (χ2n) is 6.75. The molecule has 0 saturated heterocycles. The zero-order valence-electron chi connectivity index (χ0n) is 16.0. The minimum atomic E-state index is -0.272. The van der Waals surface area contributed by atoms with Gasteiger partial charge in [0, 0.05) is 35.9 Å². The molecule has 0 spiro atoms. The number of aromatic nitrogens is 1. The Labute approximate surface area is 164 Å². The summed E-state index contributed by atoms with van der Waals surface area (Å²) in [5.41, 5.74) is 10.4. The van der Waals surface area contributed by atoms with Crippen molar-refractivity contribution < 1.29 is 4.74 Å². The Bertz CT molecular complexity index is 1090. The van der Waals surface area contributed by atoms with Gasteiger partial charge in [-0.3, -0.25) is 4.98 Å². The van der Waals surface area contributed by atoms with E-state index in [0.717, 1.165) is 40.8 Å². The first-order valence-corrected chi connectivity index (χ1v) is 9.48. The fourth-order valence-corrected chi connectivity index (χ4v) is 3.86. The van der Waals surface area contributed by atoms with Crippen LogP contribution in [0.25, 0.3) is 10.9 Å². The number of pyridine rings is 1. The van der Waals surface area contributed by atoms with Crippen molar-refractivity contribution in [3.63, 3.8) is 0 Å². The number of fused-ring (bicyclic) bond motifs is 3. The van der Waals surface area contributed by atoms with Crippen LogP contribution in [0.5, 0.6) is 5.75 Å². The van der Waals surface area contributed by atoms with E-state index in [2.05, 4.69) is 54.1 Å². The topological polar surface area (TPSA) is 75.2 Å². The van der Waals surface area contributed by atoms with Crippen LogP contribution in [0.3, 0.4) is 0 Å². The average molecular weight is 370 g/mol. The number of anilines is 1. The van der Waals surface area contributed by atoms with E-state index in [0.29, 0.717) is 11.3 Å². The number of nitrogens with two attached hydrogens (primary N) is 1. The van der Waals surface area contributed by atoms with Gasteiger partial charge >= 0.3 is 0 Å². The van der Waals surface area contributed by atoms with Gasteiger partial charge in [-0.1, -0.05) is 30.3 Å². The Kier molecular flexibility index (Phi) is 4.62. The van der Waals surface area contributed by atoms with Crippen LogP contribution >= 0.6 is 0 Å². The molecule has 1 aliphatic heterocycles. The molecule has 0 radical (unpaired) electrons. The van der Waals surface area contributed by atoms with E-state index in [4.69, 9.17) is 10.5 Å². The molecule has 4 rings (SSSR count). The summed E-state index contributed by atoms with van der Waals surface area (Å²) in [7, 11) is 0. The first-order valence-electron chi connectivity index (χ1n) is 9.48. The highest BCUT2D eigenvalue weighted by molar-refractivity contribution is 5.87. The summed E-state index contributed by atoms with van der Waals surface area (Å²) in [6.07, 6.45) is 1.74. The van der Waals surface area contributed by atoms with Crippen molar-refractivity contribution in [3.05, 3.63) is 77.3 Å². The number of hydrogen-bond acceptors (Lipinski definition) is 5.